The second-order valence-corrected chi connectivity index (χ2v) is 11.5. The monoisotopic (exact) mass is 475 g/mol. The van der Waals surface area contributed by atoms with Crippen molar-refractivity contribution in [2.45, 2.75) is 70.5 Å². The number of amides is 2. The number of nitrogens with zero attached hydrogens (tertiary/aromatic N) is 1. The number of carbonyl (C=O) groups excluding carboxylic acids is 1. The number of carbonyl (C=O) groups is 2. The molecule has 1 aliphatic carbocycles. The van der Waals surface area contributed by atoms with E-state index >= 15 is 0 Å². The molecule has 5 atom stereocenters. The van der Waals surface area contributed by atoms with Crippen molar-refractivity contribution in [3.05, 3.63) is 65.7 Å². The van der Waals surface area contributed by atoms with Gasteiger partial charge in [0.1, 0.15) is 0 Å². The van der Waals surface area contributed by atoms with Crippen LogP contribution < -0.4 is 10.6 Å². The zero-order chi connectivity index (χ0) is 24.8. The van der Waals surface area contributed by atoms with Crippen LogP contribution in [0.4, 0.5) is 10.5 Å². The van der Waals surface area contributed by atoms with Gasteiger partial charge in [0.05, 0.1) is 23.5 Å². The maximum Gasteiger partial charge on any atom is 0.405 e. The van der Waals surface area contributed by atoms with E-state index < -0.39 is 11.6 Å². The number of hydrogen-bond donors (Lipinski definition) is 3. The fourth-order valence-electron chi connectivity index (χ4n) is 7.10. The quantitative estimate of drug-likeness (QED) is 0.510. The van der Waals surface area contributed by atoms with Crippen LogP contribution in [0.15, 0.2) is 54.6 Å². The molecule has 186 valence electrons. The van der Waals surface area contributed by atoms with E-state index in [0.29, 0.717) is 19.4 Å². The third-order valence-corrected chi connectivity index (χ3v) is 8.78. The summed E-state index contributed by atoms with van der Waals surface area (Å²) < 4.78 is 0. The summed E-state index contributed by atoms with van der Waals surface area (Å²) in [4.78, 5) is 28.5. The third kappa shape index (κ3) is 3.97. The van der Waals surface area contributed by atoms with Gasteiger partial charge in [-0.15, -0.1) is 0 Å². The van der Waals surface area contributed by atoms with Crippen LogP contribution in [0, 0.1) is 17.3 Å². The Bertz CT molecular complexity index is 1100. The molecule has 1 saturated heterocycles. The fourth-order valence-corrected chi connectivity index (χ4v) is 7.10. The number of likely N-dealkylation sites (tertiary alicyclic amines) is 1. The van der Waals surface area contributed by atoms with Crippen LogP contribution in [-0.4, -0.2) is 34.1 Å². The second-order valence-electron chi connectivity index (χ2n) is 11.5. The Kier molecular flexibility index (Phi) is 6.02. The first-order valence-corrected chi connectivity index (χ1v) is 12.9. The largest absolute Gasteiger partial charge is 0.465 e. The van der Waals surface area contributed by atoms with E-state index in [1.165, 1.54) is 11.1 Å². The summed E-state index contributed by atoms with van der Waals surface area (Å²) in [6, 6.07) is 18.9. The van der Waals surface area contributed by atoms with Crippen molar-refractivity contribution in [2.24, 2.45) is 17.3 Å². The summed E-state index contributed by atoms with van der Waals surface area (Å²) in [7, 11) is 0. The smallest absolute Gasteiger partial charge is 0.405 e. The predicted octanol–water partition coefficient (Wildman–Crippen LogP) is 5.99. The van der Waals surface area contributed by atoms with Gasteiger partial charge in [0.25, 0.3) is 0 Å². The van der Waals surface area contributed by atoms with Crippen molar-refractivity contribution in [2.75, 3.05) is 11.9 Å². The van der Waals surface area contributed by atoms with Crippen LogP contribution in [0.3, 0.4) is 0 Å². The molecule has 6 heteroatoms. The molecule has 0 bridgehead atoms. The first-order chi connectivity index (χ1) is 16.7. The minimum absolute atomic E-state index is 0.0189. The first-order valence-electron chi connectivity index (χ1n) is 12.9. The standard InChI is InChI=1S/C29H37N3O3/c1-28(2,3)29(31-27(34)35)17-10-9-14-22(29)26(33)32-18-16-21-24(19-11-5-4-6-12-19)30-23-15-8-7-13-20(23)25(21)32/h4-8,11-13,15,21-22,24-25,30-31H,9-10,14,16-18H2,1-3H3,(H,34,35)/t21-,22?,24+,25+,29?/m1/s1. The average Bonchev–Trinajstić information content (AvgIpc) is 3.28. The molecular formula is C29H37N3O3. The summed E-state index contributed by atoms with van der Waals surface area (Å²) in [5.41, 5.74) is 2.32. The molecule has 0 radical (unpaired) electrons. The lowest BCUT2D eigenvalue weighted by Crippen LogP contribution is -2.65. The number of carboxylic acid groups (broad SMARTS) is 1. The van der Waals surface area contributed by atoms with Gasteiger partial charge in [-0.2, -0.15) is 0 Å². The number of anilines is 1. The molecule has 2 fully saturated rings. The number of rotatable bonds is 3. The number of hydrogen-bond acceptors (Lipinski definition) is 3. The van der Waals surface area contributed by atoms with Gasteiger partial charge in [0.2, 0.25) is 5.91 Å². The van der Waals surface area contributed by atoms with Crippen LogP contribution in [-0.2, 0) is 4.79 Å². The molecule has 2 aromatic carbocycles. The van der Waals surface area contributed by atoms with Crippen molar-refractivity contribution in [3.63, 3.8) is 0 Å². The molecule has 6 nitrogen and oxygen atoms in total. The van der Waals surface area contributed by atoms with Gasteiger partial charge in [-0.3, -0.25) is 4.79 Å². The Morgan fingerprint density at radius 1 is 1.03 bits per heavy atom. The molecule has 0 spiro atoms. The molecule has 2 heterocycles. The Morgan fingerprint density at radius 3 is 2.46 bits per heavy atom. The van der Waals surface area contributed by atoms with Crippen LogP contribution in [0.5, 0.6) is 0 Å². The lowest BCUT2D eigenvalue weighted by molar-refractivity contribution is -0.144. The summed E-state index contributed by atoms with van der Waals surface area (Å²) in [5, 5.41) is 16.4. The zero-order valence-electron chi connectivity index (χ0n) is 21.0. The minimum atomic E-state index is -1.05. The topological polar surface area (TPSA) is 81.7 Å². The number of benzene rings is 2. The van der Waals surface area contributed by atoms with Crippen molar-refractivity contribution < 1.29 is 14.7 Å². The molecule has 2 aliphatic heterocycles. The van der Waals surface area contributed by atoms with Crippen molar-refractivity contribution in [1.82, 2.24) is 10.2 Å². The normalized spacial score (nSPS) is 30.1. The molecule has 5 rings (SSSR count). The van der Waals surface area contributed by atoms with E-state index in [2.05, 4.69) is 72.7 Å². The molecule has 3 aliphatic rings. The highest BCUT2D eigenvalue weighted by molar-refractivity contribution is 5.83. The molecular weight excluding hydrogens is 438 g/mol. The molecule has 35 heavy (non-hydrogen) atoms. The Morgan fingerprint density at radius 2 is 1.74 bits per heavy atom. The lowest BCUT2D eigenvalue weighted by Gasteiger charge is -2.53. The van der Waals surface area contributed by atoms with E-state index in [9.17, 15) is 14.7 Å². The van der Waals surface area contributed by atoms with E-state index in [-0.39, 0.29) is 35.2 Å². The predicted molar refractivity (Wildman–Crippen MR) is 137 cm³/mol. The minimum Gasteiger partial charge on any atom is -0.465 e. The maximum absolute atomic E-state index is 14.4. The van der Waals surface area contributed by atoms with E-state index in [1.807, 2.05) is 18.2 Å². The van der Waals surface area contributed by atoms with Gasteiger partial charge in [-0.25, -0.2) is 4.79 Å². The lowest BCUT2D eigenvalue weighted by atomic mass is 9.59. The van der Waals surface area contributed by atoms with E-state index in [1.54, 1.807) is 0 Å². The summed E-state index contributed by atoms with van der Waals surface area (Å²) in [6.07, 6.45) is 3.14. The van der Waals surface area contributed by atoms with Gasteiger partial charge in [0, 0.05) is 18.2 Å². The third-order valence-electron chi connectivity index (χ3n) is 8.78. The highest BCUT2D eigenvalue weighted by Crippen LogP contribution is 2.53. The first kappa shape index (κ1) is 23.7. The van der Waals surface area contributed by atoms with Crippen LogP contribution >= 0.6 is 0 Å². The highest BCUT2D eigenvalue weighted by Gasteiger charge is 2.56. The molecule has 3 N–H and O–H groups in total. The SMILES string of the molecule is CC(C)(C)C1(NC(=O)O)CCCCC1C(=O)N1CC[C@@H]2[C@H](c3ccccc3)Nc3ccccc3[C@@H]21. The van der Waals surface area contributed by atoms with Gasteiger partial charge < -0.3 is 20.6 Å². The summed E-state index contributed by atoms with van der Waals surface area (Å²) >= 11 is 0. The molecule has 2 aromatic rings. The van der Waals surface area contributed by atoms with Crippen LogP contribution in [0.25, 0.3) is 0 Å². The summed E-state index contributed by atoms with van der Waals surface area (Å²) in [6.45, 7) is 6.88. The average molecular weight is 476 g/mol. The van der Waals surface area contributed by atoms with Gasteiger partial charge in [0.15, 0.2) is 0 Å². The highest BCUT2D eigenvalue weighted by atomic mass is 16.4. The number of fused-ring (bicyclic) bond motifs is 3. The molecule has 0 aromatic heterocycles. The van der Waals surface area contributed by atoms with Crippen molar-refractivity contribution in [3.8, 4) is 0 Å². The van der Waals surface area contributed by atoms with E-state index in [0.717, 1.165) is 24.9 Å². The Balaban J connectivity index is 1.54. The molecule has 1 saturated carbocycles. The Labute approximate surface area is 208 Å². The van der Waals surface area contributed by atoms with Gasteiger partial charge >= 0.3 is 6.09 Å². The summed E-state index contributed by atoms with van der Waals surface area (Å²) in [5.74, 6) is -0.0102. The number of para-hydroxylation sites is 1. The van der Waals surface area contributed by atoms with E-state index in [4.69, 9.17) is 0 Å². The van der Waals surface area contributed by atoms with Crippen molar-refractivity contribution >= 4 is 17.7 Å². The molecule has 2 amide bonds. The zero-order valence-corrected chi connectivity index (χ0v) is 21.0. The van der Waals surface area contributed by atoms with Crippen LogP contribution in [0.2, 0.25) is 0 Å². The number of nitrogens with one attached hydrogen (secondary N) is 2. The maximum atomic E-state index is 14.4. The van der Waals surface area contributed by atoms with Crippen molar-refractivity contribution in [1.29, 1.82) is 0 Å². The van der Waals surface area contributed by atoms with Gasteiger partial charge in [-0.05, 0) is 41.9 Å². The molecule has 2 unspecified atom stereocenters. The Hall–Kier alpha value is -3.02. The van der Waals surface area contributed by atoms with Gasteiger partial charge in [-0.1, -0.05) is 82.1 Å². The second kappa shape index (κ2) is 8.89. The fraction of sp³-hybridized carbons (Fsp3) is 0.517. The van der Waals surface area contributed by atoms with Crippen LogP contribution in [0.1, 0.15) is 76.1 Å².